The highest BCUT2D eigenvalue weighted by Crippen LogP contribution is 2.24. The maximum Gasteiger partial charge on any atom is 0.185 e. The lowest BCUT2D eigenvalue weighted by atomic mass is 10.2. The van der Waals surface area contributed by atoms with Crippen LogP contribution in [0.3, 0.4) is 0 Å². The summed E-state index contributed by atoms with van der Waals surface area (Å²) in [5, 5.41) is -0.455. The topological polar surface area (TPSA) is 64.3 Å². The summed E-state index contributed by atoms with van der Waals surface area (Å²) in [7, 11) is -3.26. The van der Waals surface area contributed by atoms with Crippen molar-refractivity contribution in [3.63, 3.8) is 0 Å². The van der Waals surface area contributed by atoms with Gasteiger partial charge >= 0.3 is 0 Å². The Balaban J connectivity index is 2.36. The van der Waals surface area contributed by atoms with E-state index >= 15 is 0 Å². The molecule has 0 radical (unpaired) electrons. The van der Waals surface area contributed by atoms with Crippen LogP contribution in [0.1, 0.15) is 24.4 Å². The molecule has 1 aromatic carbocycles. The zero-order chi connectivity index (χ0) is 14.0. The third-order valence-electron chi connectivity index (χ3n) is 2.83. The van der Waals surface area contributed by atoms with Gasteiger partial charge in [-0.2, -0.15) is 0 Å². The molecule has 2 rings (SSSR count). The van der Waals surface area contributed by atoms with Crippen molar-refractivity contribution in [1.82, 2.24) is 0 Å². The van der Waals surface area contributed by atoms with Gasteiger partial charge in [-0.3, -0.25) is 4.79 Å². The number of hydrogen-bond acceptors (Lipinski definition) is 4. The Morgan fingerprint density at radius 2 is 1.68 bits per heavy atom. The lowest BCUT2D eigenvalue weighted by Gasteiger charge is -2.07. The Hall–Kier alpha value is -1.88. The predicted octanol–water partition coefficient (Wildman–Crippen LogP) is 2.94. The molecule has 0 aliphatic rings. The first-order chi connectivity index (χ1) is 8.95. The van der Waals surface area contributed by atoms with Crippen molar-refractivity contribution in [3.8, 4) is 11.3 Å². The molecule has 0 aliphatic heterocycles. The van der Waals surface area contributed by atoms with Gasteiger partial charge in [0.2, 0.25) is 0 Å². The maximum absolute atomic E-state index is 12.0. The lowest BCUT2D eigenvalue weighted by Crippen LogP contribution is -2.13. The van der Waals surface area contributed by atoms with Crippen LogP contribution in [0, 0.1) is 0 Å². The number of hydrogen-bond donors (Lipinski definition) is 0. The summed E-state index contributed by atoms with van der Waals surface area (Å²) in [6.45, 7) is 3.29. The van der Waals surface area contributed by atoms with E-state index in [1.807, 2.05) is 0 Å². The molecule has 0 bridgehead atoms. The highest BCUT2D eigenvalue weighted by molar-refractivity contribution is 7.92. The summed E-state index contributed by atoms with van der Waals surface area (Å²) < 4.78 is 29.2. The first-order valence-corrected chi connectivity index (χ1v) is 7.39. The van der Waals surface area contributed by atoms with Crippen LogP contribution in [0.2, 0.25) is 0 Å². The van der Waals surface area contributed by atoms with Crippen molar-refractivity contribution in [2.24, 2.45) is 0 Å². The molecule has 100 valence electrons. The predicted molar refractivity (Wildman–Crippen MR) is 71.9 cm³/mol. The van der Waals surface area contributed by atoms with Gasteiger partial charge in [0.05, 0.1) is 10.1 Å². The van der Waals surface area contributed by atoms with Crippen molar-refractivity contribution in [3.05, 3.63) is 42.2 Å². The second-order valence-corrected chi connectivity index (χ2v) is 6.94. The van der Waals surface area contributed by atoms with Gasteiger partial charge in [0, 0.05) is 5.56 Å². The van der Waals surface area contributed by atoms with Crippen molar-refractivity contribution in [2.45, 2.75) is 24.0 Å². The van der Waals surface area contributed by atoms with Gasteiger partial charge in [-0.25, -0.2) is 8.42 Å². The molecule has 0 saturated carbocycles. The van der Waals surface area contributed by atoms with Gasteiger partial charge in [0.15, 0.2) is 21.9 Å². The van der Waals surface area contributed by atoms with E-state index in [0.29, 0.717) is 12.0 Å². The van der Waals surface area contributed by atoms with Gasteiger partial charge in [0.25, 0.3) is 0 Å². The van der Waals surface area contributed by atoms with E-state index in [9.17, 15) is 13.2 Å². The summed E-state index contributed by atoms with van der Waals surface area (Å²) in [6, 6.07) is 9.68. The summed E-state index contributed by atoms with van der Waals surface area (Å²) in [4.78, 5) is 10.8. The average molecular weight is 278 g/mol. The normalized spacial score (nSPS) is 11.7. The van der Waals surface area contributed by atoms with Crippen LogP contribution in [-0.4, -0.2) is 20.0 Å². The Labute approximate surface area is 112 Å². The molecule has 0 amide bonds. The fraction of sp³-hybridized carbons (Fsp3) is 0.214. The first kappa shape index (κ1) is 13.5. The van der Waals surface area contributed by atoms with Crippen molar-refractivity contribution in [2.75, 3.05) is 0 Å². The van der Waals surface area contributed by atoms with E-state index in [1.165, 1.54) is 0 Å². The second kappa shape index (κ2) is 5.01. The van der Waals surface area contributed by atoms with Gasteiger partial charge in [-0.05, 0) is 50.2 Å². The third-order valence-corrected chi connectivity index (χ3v) is 5.00. The smallest absolute Gasteiger partial charge is 0.185 e. The fourth-order valence-corrected chi connectivity index (χ4v) is 2.71. The van der Waals surface area contributed by atoms with Crippen LogP contribution in [0.4, 0.5) is 0 Å². The van der Waals surface area contributed by atoms with Crippen LogP contribution in [0.5, 0.6) is 0 Å². The molecule has 1 aromatic heterocycles. The third kappa shape index (κ3) is 2.61. The minimum Gasteiger partial charge on any atom is -0.453 e. The molecule has 2 aromatic rings. The van der Waals surface area contributed by atoms with Gasteiger partial charge in [-0.1, -0.05) is 0 Å². The van der Waals surface area contributed by atoms with E-state index in [-0.39, 0.29) is 10.7 Å². The number of furan rings is 1. The van der Waals surface area contributed by atoms with Crippen molar-refractivity contribution >= 4 is 16.1 Å². The number of benzene rings is 1. The number of rotatable bonds is 4. The molecule has 0 fully saturated rings. The molecule has 0 unspecified atom stereocenters. The molecule has 0 aliphatic carbocycles. The summed E-state index contributed by atoms with van der Waals surface area (Å²) >= 11 is 0. The molecule has 1 heterocycles. The zero-order valence-corrected chi connectivity index (χ0v) is 11.5. The number of carbonyl (C=O) groups excluding carboxylic acids is 1. The largest absolute Gasteiger partial charge is 0.453 e. The van der Waals surface area contributed by atoms with E-state index in [4.69, 9.17) is 4.42 Å². The van der Waals surface area contributed by atoms with E-state index in [2.05, 4.69) is 0 Å². The molecule has 5 heteroatoms. The minimum absolute atomic E-state index is 0.244. The number of sulfone groups is 1. The van der Waals surface area contributed by atoms with Crippen LogP contribution < -0.4 is 0 Å². The van der Waals surface area contributed by atoms with Gasteiger partial charge in [-0.15, -0.1) is 0 Å². The Bertz CT molecular complexity index is 678. The Morgan fingerprint density at radius 1 is 1.05 bits per heavy atom. The van der Waals surface area contributed by atoms with Gasteiger partial charge in [0.1, 0.15) is 5.76 Å². The molecule has 19 heavy (non-hydrogen) atoms. The Morgan fingerprint density at radius 3 is 2.16 bits per heavy atom. The summed E-state index contributed by atoms with van der Waals surface area (Å²) in [6.07, 6.45) is 0.626. The maximum atomic E-state index is 12.0. The van der Waals surface area contributed by atoms with Crippen LogP contribution in [-0.2, 0) is 9.84 Å². The highest BCUT2D eigenvalue weighted by atomic mass is 32.2. The van der Waals surface area contributed by atoms with Crippen LogP contribution in [0.25, 0.3) is 11.3 Å². The molecular weight excluding hydrogens is 264 g/mol. The molecule has 0 atom stereocenters. The lowest BCUT2D eigenvalue weighted by molar-refractivity contribution is 0.110. The minimum atomic E-state index is -3.26. The SMILES string of the molecule is CC(C)S(=O)(=O)c1ccc(-c2ccc(C=O)o2)cc1. The zero-order valence-electron chi connectivity index (χ0n) is 10.7. The van der Waals surface area contributed by atoms with Crippen LogP contribution >= 0.6 is 0 Å². The van der Waals surface area contributed by atoms with Crippen LogP contribution in [0.15, 0.2) is 45.7 Å². The monoisotopic (exact) mass is 278 g/mol. The van der Waals surface area contributed by atoms with E-state index in [0.717, 1.165) is 5.56 Å². The fourth-order valence-electron chi connectivity index (χ4n) is 1.65. The van der Waals surface area contributed by atoms with E-state index < -0.39 is 15.1 Å². The quantitative estimate of drug-likeness (QED) is 0.806. The second-order valence-electron chi connectivity index (χ2n) is 4.44. The standard InChI is InChI=1S/C14H14O4S/c1-10(2)19(16,17)13-6-3-11(4-7-13)14-8-5-12(9-15)18-14/h3-10H,1-2H3. The number of carbonyl (C=O) groups is 1. The summed E-state index contributed by atoms with van der Waals surface area (Å²) in [5.74, 6) is 0.782. The molecule has 0 saturated heterocycles. The van der Waals surface area contributed by atoms with Crippen molar-refractivity contribution in [1.29, 1.82) is 0 Å². The summed E-state index contributed by atoms with van der Waals surface area (Å²) in [5.41, 5.74) is 0.732. The first-order valence-electron chi connectivity index (χ1n) is 5.84. The molecular formula is C14H14O4S. The van der Waals surface area contributed by atoms with E-state index in [1.54, 1.807) is 50.2 Å². The Kier molecular flexibility index (Phi) is 3.57. The highest BCUT2D eigenvalue weighted by Gasteiger charge is 2.19. The molecule has 0 N–H and O–H groups in total. The molecule has 0 spiro atoms. The number of aldehydes is 1. The van der Waals surface area contributed by atoms with Gasteiger partial charge < -0.3 is 4.42 Å². The average Bonchev–Trinajstić information content (AvgIpc) is 2.87. The van der Waals surface area contributed by atoms with Crippen molar-refractivity contribution < 1.29 is 17.6 Å². The molecule has 4 nitrogen and oxygen atoms in total.